The van der Waals surface area contributed by atoms with Crippen molar-refractivity contribution in [1.82, 2.24) is 13.9 Å². The van der Waals surface area contributed by atoms with Gasteiger partial charge in [-0.25, -0.2) is 17.8 Å². The number of hydrogen-bond acceptors (Lipinski definition) is 4. The van der Waals surface area contributed by atoms with Crippen LogP contribution in [0.15, 0.2) is 41.8 Å². The van der Waals surface area contributed by atoms with Gasteiger partial charge < -0.3 is 10.3 Å². The number of nitrogens with two attached hydrogens (primary N) is 1. The van der Waals surface area contributed by atoms with E-state index in [0.29, 0.717) is 0 Å². The van der Waals surface area contributed by atoms with Crippen molar-refractivity contribution in [2.24, 2.45) is 12.8 Å². The lowest BCUT2D eigenvalue weighted by Crippen LogP contribution is -2.32. The molecule has 6 nitrogen and oxygen atoms in total. The molecular weight excluding hydrogens is 307 g/mol. The minimum atomic E-state index is -3.65. The van der Waals surface area contributed by atoms with Crippen LogP contribution in [0.5, 0.6) is 0 Å². The molecule has 1 aromatic heterocycles. The van der Waals surface area contributed by atoms with Crippen LogP contribution in [-0.2, 0) is 17.1 Å². The van der Waals surface area contributed by atoms with Gasteiger partial charge in [0, 0.05) is 38.3 Å². The van der Waals surface area contributed by atoms with Crippen LogP contribution in [-0.4, -0.2) is 41.4 Å². The standard InChI is InChI=1S/C14H17FN4O2S/c1-18-8-14(17-9-18)22(20,21)19-6-12(13(16)7-19)10-2-4-11(15)5-3-10/h2-5,8-9,12-13H,6-7,16H2,1H3/t12-,13+/m0/s1. The van der Waals surface area contributed by atoms with Gasteiger partial charge in [0.05, 0.1) is 6.33 Å². The predicted molar refractivity (Wildman–Crippen MR) is 79.1 cm³/mol. The highest BCUT2D eigenvalue weighted by atomic mass is 32.2. The molecule has 2 atom stereocenters. The molecule has 2 heterocycles. The average molecular weight is 324 g/mol. The summed E-state index contributed by atoms with van der Waals surface area (Å²) in [5, 5.41) is 0.0157. The Morgan fingerprint density at radius 3 is 2.55 bits per heavy atom. The Bertz CT molecular complexity index is 772. The minimum Gasteiger partial charge on any atom is -0.339 e. The fraction of sp³-hybridized carbons (Fsp3) is 0.357. The Labute approximate surface area is 128 Å². The first-order chi connectivity index (χ1) is 10.4. The fourth-order valence-electron chi connectivity index (χ4n) is 2.70. The first-order valence-electron chi connectivity index (χ1n) is 6.87. The first kappa shape index (κ1) is 15.1. The summed E-state index contributed by atoms with van der Waals surface area (Å²) in [4.78, 5) is 3.91. The lowest BCUT2D eigenvalue weighted by molar-refractivity contribution is 0.467. The van der Waals surface area contributed by atoms with E-state index in [1.165, 1.54) is 29.0 Å². The van der Waals surface area contributed by atoms with E-state index in [1.54, 1.807) is 23.7 Å². The van der Waals surface area contributed by atoms with Crippen molar-refractivity contribution < 1.29 is 12.8 Å². The van der Waals surface area contributed by atoms with E-state index in [1.807, 2.05) is 0 Å². The van der Waals surface area contributed by atoms with E-state index in [4.69, 9.17) is 5.73 Å². The largest absolute Gasteiger partial charge is 0.339 e. The number of aromatic nitrogens is 2. The first-order valence-corrected chi connectivity index (χ1v) is 8.31. The highest BCUT2D eigenvalue weighted by molar-refractivity contribution is 7.89. The van der Waals surface area contributed by atoms with E-state index in [-0.39, 0.29) is 35.9 Å². The van der Waals surface area contributed by atoms with Gasteiger partial charge in [-0.05, 0) is 17.7 Å². The Balaban J connectivity index is 1.85. The summed E-state index contributed by atoms with van der Waals surface area (Å²) in [6, 6.07) is 5.69. The second-order valence-electron chi connectivity index (χ2n) is 5.52. The fourth-order valence-corrected chi connectivity index (χ4v) is 4.17. The molecule has 0 bridgehead atoms. The number of benzene rings is 1. The molecule has 0 aliphatic carbocycles. The number of rotatable bonds is 3. The van der Waals surface area contributed by atoms with Crippen molar-refractivity contribution in [2.45, 2.75) is 17.0 Å². The van der Waals surface area contributed by atoms with E-state index in [2.05, 4.69) is 4.98 Å². The SMILES string of the molecule is Cn1cnc(S(=O)(=O)N2C[C@@H](N)[C@H](c3ccc(F)cc3)C2)c1. The van der Waals surface area contributed by atoms with Crippen LogP contribution >= 0.6 is 0 Å². The third-order valence-electron chi connectivity index (χ3n) is 3.92. The number of imidazole rings is 1. The monoisotopic (exact) mass is 324 g/mol. The predicted octanol–water partition coefficient (Wildman–Crippen LogP) is 0.675. The second-order valence-corrected chi connectivity index (χ2v) is 7.41. The maximum absolute atomic E-state index is 13.0. The van der Waals surface area contributed by atoms with Gasteiger partial charge in [0.1, 0.15) is 5.82 Å². The summed E-state index contributed by atoms with van der Waals surface area (Å²) in [7, 11) is -1.94. The molecular formula is C14H17FN4O2S. The zero-order valence-electron chi connectivity index (χ0n) is 12.1. The zero-order valence-corrected chi connectivity index (χ0v) is 12.9. The Kier molecular flexibility index (Phi) is 3.75. The maximum atomic E-state index is 13.0. The van der Waals surface area contributed by atoms with Gasteiger partial charge in [0.25, 0.3) is 10.0 Å². The van der Waals surface area contributed by atoms with Gasteiger partial charge in [-0.3, -0.25) is 0 Å². The zero-order chi connectivity index (χ0) is 15.9. The molecule has 1 aromatic carbocycles. The molecule has 1 aliphatic heterocycles. The summed E-state index contributed by atoms with van der Waals surface area (Å²) in [5.41, 5.74) is 6.93. The van der Waals surface area contributed by atoms with Gasteiger partial charge in [-0.2, -0.15) is 4.31 Å². The lowest BCUT2D eigenvalue weighted by Gasteiger charge is -2.15. The van der Waals surface area contributed by atoms with Crippen LogP contribution in [0.4, 0.5) is 4.39 Å². The molecule has 1 aliphatic rings. The Morgan fingerprint density at radius 2 is 1.95 bits per heavy atom. The molecule has 0 radical (unpaired) electrons. The Morgan fingerprint density at radius 1 is 1.27 bits per heavy atom. The number of halogens is 1. The van der Waals surface area contributed by atoms with Crippen LogP contribution in [0.1, 0.15) is 11.5 Å². The summed E-state index contributed by atoms with van der Waals surface area (Å²) < 4.78 is 41.1. The molecule has 1 saturated heterocycles. The molecule has 2 aromatic rings. The highest BCUT2D eigenvalue weighted by Gasteiger charge is 2.39. The van der Waals surface area contributed by atoms with Crippen LogP contribution in [0.2, 0.25) is 0 Å². The van der Waals surface area contributed by atoms with Gasteiger partial charge in [0.2, 0.25) is 0 Å². The van der Waals surface area contributed by atoms with Crippen molar-refractivity contribution in [2.75, 3.05) is 13.1 Å². The summed E-state index contributed by atoms with van der Waals surface area (Å²) in [6.07, 6.45) is 2.91. The summed E-state index contributed by atoms with van der Waals surface area (Å²) in [5.74, 6) is -0.479. The highest BCUT2D eigenvalue weighted by Crippen LogP contribution is 2.30. The van der Waals surface area contributed by atoms with E-state index in [0.717, 1.165) is 5.56 Å². The molecule has 118 valence electrons. The molecule has 22 heavy (non-hydrogen) atoms. The van der Waals surface area contributed by atoms with Gasteiger partial charge in [-0.15, -0.1) is 0 Å². The molecule has 2 N–H and O–H groups in total. The number of sulfonamides is 1. The van der Waals surface area contributed by atoms with E-state index < -0.39 is 10.0 Å². The average Bonchev–Trinajstić information content (AvgIpc) is 3.07. The third kappa shape index (κ3) is 2.65. The van der Waals surface area contributed by atoms with Gasteiger partial charge in [-0.1, -0.05) is 12.1 Å². The molecule has 8 heteroatoms. The van der Waals surface area contributed by atoms with Crippen molar-refractivity contribution in [1.29, 1.82) is 0 Å². The minimum absolute atomic E-state index is 0.0157. The van der Waals surface area contributed by atoms with E-state index >= 15 is 0 Å². The van der Waals surface area contributed by atoms with Crippen molar-refractivity contribution in [3.63, 3.8) is 0 Å². The second kappa shape index (κ2) is 5.45. The normalized spacial score (nSPS) is 23.0. The van der Waals surface area contributed by atoms with Crippen molar-refractivity contribution in [3.05, 3.63) is 48.2 Å². The molecule has 1 fully saturated rings. The molecule has 0 spiro atoms. The number of aryl methyl sites for hydroxylation is 1. The molecule has 0 unspecified atom stereocenters. The summed E-state index contributed by atoms with van der Waals surface area (Å²) >= 11 is 0. The third-order valence-corrected chi connectivity index (χ3v) is 5.63. The van der Waals surface area contributed by atoms with E-state index in [9.17, 15) is 12.8 Å². The number of nitrogens with zero attached hydrogens (tertiary/aromatic N) is 3. The molecule has 0 saturated carbocycles. The summed E-state index contributed by atoms with van der Waals surface area (Å²) in [6.45, 7) is 0.493. The van der Waals surface area contributed by atoms with Crippen LogP contribution in [0, 0.1) is 5.82 Å². The van der Waals surface area contributed by atoms with Gasteiger partial charge >= 0.3 is 0 Å². The smallest absolute Gasteiger partial charge is 0.262 e. The molecule has 0 amide bonds. The lowest BCUT2D eigenvalue weighted by atomic mass is 9.95. The number of hydrogen-bond donors (Lipinski definition) is 1. The van der Waals surface area contributed by atoms with Crippen molar-refractivity contribution in [3.8, 4) is 0 Å². The van der Waals surface area contributed by atoms with Crippen LogP contribution < -0.4 is 5.73 Å². The van der Waals surface area contributed by atoms with Crippen LogP contribution in [0.3, 0.4) is 0 Å². The quantitative estimate of drug-likeness (QED) is 0.900. The Hall–Kier alpha value is -1.77. The molecule has 3 rings (SSSR count). The van der Waals surface area contributed by atoms with Crippen molar-refractivity contribution >= 4 is 10.0 Å². The topological polar surface area (TPSA) is 81.2 Å². The van der Waals surface area contributed by atoms with Gasteiger partial charge in [0.15, 0.2) is 5.03 Å². The van der Waals surface area contributed by atoms with Crippen LogP contribution in [0.25, 0.3) is 0 Å². The maximum Gasteiger partial charge on any atom is 0.262 e.